The fourth-order valence-electron chi connectivity index (χ4n) is 1.96. The van der Waals surface area contributed by atoms with Gasteiger partial charge in [-0.05, 0) is 17.7 Å². The molecule has 0 saturated carbocycles. The van der Waals surface area contributed by atoms with Gasteiger partial charge < -0.3 is 4.74 Å². The van der Waals surface area contributed by atoms with Crippen molar-refractivity contribution in [2.75, 3.05) is 0 Å². The van der Waals surface area contributed by atoms with Crippen LogP contribution in [0.2, 0.25) is 0 Å². The van der Waals surface area contributed by atoms with Gasteiger partial charge in [-0.1, -0.05) is 0 Å². The number of nitrogens with zero attached hydrogens (tertiary/aromatic N) is 3. The van der Waals surface area contributed by atoms with Crippen LogP contribution in [0.5, 0.6) is 5.75 Å². The normalized spacial score (nSPS) is 10.4. The topological polar surface area (TPSA) is 89.0 Å². The number of ether oxygens (including phenoxy) is 1. The SMILES string of the molecule is N#Cc1nc2cc(F)c(OCc3ccc([N+](=O)[O-])cc3)cc2s1. The molecule has 0 spiro atoms. The maximum Gasteiger partial charge on any atom is 0.269 e. The Morgan fingerprint density at radius 3 is 2.74 bits per heavy atom. The molecule has 6 nitrogen and oxygen atoms in total. The third kappa shape index (κ3) is 3.09. The molecule has 8 heteroatoms. The molecule has 0 fully saturated rings. The molecule has 23 heavy (non-hydrogen) atoms. The minimum absolute atomic E-state index is 0.0185. The Morgan fingerprint density at radius 2 is 2.09 bits per heavy atom. The van der Waals surface area contributed by atoms with Crippen LogP contribution in [0.1, 0.15) is 10.6 Å². The summed E-state index contributed by atoms with van der Waals surface area (Å²) in [6.45, 7) is 0.0737. The van der Waals surface area contributed by atoms with Crippen LogP contribution in [-0.4, -0.2) is 9.91 Å². The van der Waals surface area contributed by atoms with Crippen LogP contribution in [0.25, 0.3) is 10.2 Å². The Morgan fingerprint density at radius 1 is 1.35 bits per heavy atom. The first-order chi connectivity index (χ1) is 11.1. The first-order valence-corrected chi connectivity index (χ1v) is 7.25. The van der Waals surface area contributed by atoms with Crippen LogP contribution >= 0.6 is 11.3 Å². The van der Waals surface area contributed by atoms with Gasteiger partial charge in [0, 0.05) is 24.3 Å². The summed E-state index contributed by atoms with van der Waals surface area (Å²) in [4.78, 5) is 14.1. The lowest BCUT2D eigenvalue weighted by molar-refractivity contribution is -0.384. The van der Waals surface area contributed by atoms with Crippen molar-refractivity contribution in [3.63, 3.8) is 0 Å². The van der Waals surface area contributed by atoms with Gasteiger partial charge in [0.1, 0.15) is 12.7 Å². The second kappa shape index (κ2) is 5.98. The minimum Gasteiger partial charge on any atom is -0.486 e. The van der Waals surface area contributed by atoms with Crippen molar-refractivity contribution in [3.05, 3.63) is 62.9 Å². The van der Waals surface area contributed by atoms with Crippen LogP contribution in [0, 0.1) is 27.3 Å². The number of hydrogen-bond acceptors (Lipinski definition) is 6. The van der Waals surface area contributed by atoms with Gasteiger partial charge in [-0.3, -0.25) is 10.1 Å². The molecule has 0 atom stereocenters. The predicted molar refractivity (Wildman–Crippen MR) is 81.7 cm³/mol. The lowest BCUT2D eigenvalue weighted by atomic mass is 10.2. The van der Waals surface area contributed by atoms with Crippen molar-refractivity contribution >= 4 is 27.2 Å². The fraction of sp³-hybridized carbons (Fsp3) is 0.0667. The maximum absolute atomic E-state index is 14.0. The summed E-state index contributed by atoms with van der Waals surface area (Å²) >= 11 is 1.15. The van der Waals surface area contributed by atoms with E-state index in [0.717, 1.165) is 11.3 Å². The summed E-state index contributed by atoms with van der Waals surface area (Å²) in [6, 6.07) is 10.5. The van der Waals surface area contributed by atoms with Crippen LogP contribution in [0.3, 0.4) is 0 Å². The number of non-ortho nitro benzene ring substituents is 1. The van der Waals surface area contributed by atoms with Crippen LogP contribution < -0.4 is 4.74 Å². The molecule has 0 radical (unpaired) electrons. The number of rotatable bonds is 4. The molecule has 0 unspecified atom stereocenters. The second-order valence-corrected chi connectivity index (χ2v) is 5.62. The molecule has 0 aliphatic heterocycles. The van der Waals surface area contributed by atoms with Crippen LogP contribution in [-0.2, 0) is 6.61 Å². The minimum atomic E-state index is -0.575. The third-order valence-corrected chi connectivity index (χ3v) is 4.00. The smallest absolute Gasteiger partial charge is 0.269 e. The largest absolute Gasteiger partial charge is 0.486 e. The molecule has 0 N–H and O–H groups in total. The number of aromatic nitrogens is 1. The van der Waals surface area contributed by atoms with Gasteiger partial charge in [0.15, 0.2) is 16.6 Å². The number of nitro benzene ring substituents is 1. The number of halogens is 1. The zero-order valence-corrected chi connectivity index (χ0v) is 12.3. The lowest BCUT2D eigenvalue weighted by Crippen LogP contribution is -1.98. The fourth-order valence-corrected chi connectivity index (χ4v) is 2.74. The number of nitriles is 1. The van der Waals surface area contributed by atoms with Crippen molar-refractivity contribution in [1.29, 1.82) is 5.26 Å². The second-order valence-electron chi connectivity index (χ2n) is 4.59. The molecule has 0 bridgehead atoms. The highest BCUT2D eigenvalue weighted by molar-refractivity contribution is 7.19. The summed E-state index contributed by atoms with van der Waals surface area (Å²) in [5.74, 6) is -0.529. The number of benzene rings is 2. The Hall–Kier alpha value is -3.05. The first-order valence-electron chi connectivity index (χ1n) is 6.43. The van der Waals surface area contributed by atoms with Crippen molar-refractivity contribution in [3.8, 4) is 11.8 Å². The van der Waals surface area contributed by atoms with E-state index < -0.39 is 10.7 Å². The number of thiazole rings is 1. The average Bonchev–Trinajstić information content (AvgIpc) is 2.94. The molecule has 3 rings (SSSR count). The molecule has 1 aromatic heterocycles. The van der Waals surface area contributed by atoms with Crippen molar-refractivity contribution in [1.82, 2.24) is 4.98 Å². The maximum atomic E-state index is 14.0. The van der Waals surface area contributed by atoms with E-state index in [4.69, 9.17) is 10.00 Å². The highest BCUT2D eigenvalue weighted by atomic mass is 32.1. The highest BCUT2D eigenvalue weighted by Crippen LogP contribution is 2.29. The summed E-state index contributed by atoms with van der Waals surface area (Å²) in [5.41, 5.74) is 1.07. The van der Waals surface area contributed by atoms with E-state index in [9.17, 15) is 14.5 Å². The summed E-state index contributed by atoms with van der Waals surface area (Å²) < 4.78 is 20.1. The first kappa shape index (κ1) is 14.9. The Labute approximate surface area is 133 Å². The van der Waals surface area contributed by atoms with Gasteiger partial charge in [-0.2, -0.15) is 5.26 Å². The van der Waals surface area contributed by atoms with Crippen LogP contribution in [0.15, 0.2) is 36.4 Å². The van der Waals surface area contributed by atoms with E-state index in [-0.39, 0.29) is 23.1 Å². The van der Waals surface area contributed by atoms with Crippen molar-refractivity contribution in [2.45, 2.75) is 6.61 Å². The van der Waals surface area contributed by atoms with E-state index in [1.807, 2.05) is 6.07 Å². The van der Waals surface area contributed by atoms with E-state index in [1.54, 1.807) is 12.1 Å². The molecule has 0 saturated heterocycles. The number of fused-ring (bicyclic) bond motifs is 1. The van der Waals surface area contributed by atoms with Gasteiger partial charge in [0.2, 0.25) is 0 Å². The van der Waals surface area contributed by atoms with Gasteiger partial charge >= 0.3 is 0 Å². The molecule has 0 amide bonds. The monoisotopic (exact) mass is 329 g/mol. The number of nitro groups is 1. The summed E-state index contributed by atoms with van der Waals surface area (Å²) in [6.07, 6.45) is 0. The quantitative estimate of drug-likeness (QED) is 0.536. The molecule has 0 aliphatic carbocycles. The van der Waals surface area contributed by atoms with E-state index in [0.29, 0.717) is 15.8 Å². The molecule has 114 valence electrons. The van der Waals surface area contributed by atoms with E-state index in [1.165, 1.54) is 24.3 Å². The van der Waals surface area contributed by atoms with Crippen molar-refractivity contribution in [2.24, 2.45) is 0 Å². The Kier molecular flexibility index (Phi) is 3.87. The third-order valence-electron chi connectivity index (χ3n) is 3.08. The summed E-state index contributed by atoms with van der Waals surface area (Å²) in [5, 5.41) is 19.7. The average molecular weight is 329 g/mol. The van der Waals surface area contributed by atoms with Crippen LogP contribution in [0.4, 0.5) is 10.1 Å². The number of hydrogen-bond donors (Lipinski definition) is 0. The molecule has 2 aromatic carbocycles. The Balaban J connectivity index is 1.79. The van der Waals surface area contributed by atoms with E-state index >= 15 is 0 Å². The molecular weight excluding hydrogens is 321 g/mol. The summed E-state index contributed by atoms with van der Waals surface area (Å²) in [7, 11) is 0. The standard InChI is InChI=1S/C15H8FN3O3S/c16-11-5-12-14(23-15(7-17)18-12)6-13(11)22-8-9-1-3-10(4-2-9)19(20)21/h1-6H,8H2. The molecular formula is C15H8FN3O3S. The van der Waals surface area contributed by atoms with Gasteiger partial charge in [-0.25, -0.2) is 9.37 Å². The molecule has 1 heterocycles. The van der Waals surface area contributed by atoms with Gasteiger partial charge in [-0.15, -0.1) is 11.3 Å². The highest BCUT2D eigenvalue weighted by Gasteiger charge is 2.11. The zero-order chi connectivity index (χ0) is 16.4. The zero-order valence-electron chi connectivity index (χ0n) is 11.5. The van der Waals surface area contributed by atoms with E-state index in [2.05, 4.69) is 4.98 Å². The van der Waals surface area contributed by atoms with Crippen molar-refractivity contribution < 1.29 is 14.1 Å². The van der Waals surface area contributed by atoms with Gasteiger partial charge in [0.05, 0.1) is 15.1 Å². The lowest BCUT2D eigenvalue weighted by Gasteiger charge is -2.07. The molecule has 0 aliphatic rings. The Bertz CT molecular complexity index is 932. The van der Waals surface area contributed by atoms with Gasteiger partial charge in [0.25, 0.3) is 5.69 Å². The molecule has 3 aromatic rings. The predicted octanol–water partition coefficient (Wildman–Crippen LogP) is 3.79.